The lowest BCUT2D eigenvalue weighted by Crippen LogP contribution is -2.32. The molecule has 1 aliphatic rings. The molecule has 6 heteroatoms. The van der Waals surface area contributed by atoms with Crippen molar-refractivity contribution in [3.8, 4) is 0 Å². The van der Waals surface area contributed by atoms with Crippen LogP contribution < -0.4 is 10.6 Å². The van der Waals surface area contributed by atoms with Crippen LogP contribution in [0.1, 0.15) is 23.2 Å². The van der Waals surface area contributed by atoms with Gasteiger partial charge in [-0.05, 0) is 32.0 Å². The summed E-state index contributed by atoms with van der Waals surface area (Å²) >= 11 is 0. The summed E-state index contributed by atoms with van der Waals surface area (Å²) < 4.78 is 4.72. The first-order chi connectivity index (χ1) is 9.63. The minimum absolute atomic E-state index is 0.366. The number of rotatable bonds is 5. The van der Waals surface area contributed by atoms with E-state index in [-0.39, 0.29) is 0 Å². The summed E-state index contributed by atoms with van der Waals surface area (Å²) in [6.45, 7) is 4.15. The normalized spacial score (nSPS) is 15.3. The van der Waals surface area contributed by atoms with Gasteiger partial charge < -0.3 is 20.3 Å². The number of ether oxygens (including phenoxy) is 1. The Balaban J connectivity index is 2.05. The summed E-state index contributed by atoms with van der Waals surface area (Å²) in [5.41, 5.74) is 6.77. The number of nitrogen functional groups attached to an aromatic ring is 1. The van der Waals surface area contributed by atoms with Crippen molar-refractivity contribution in [2.45, 2.75) is 12.8 Å². The van der Waals surface area contributed by atoms with Crippen molar-refractivity contribution < 1.29 is 9.53 Å². The van der Waals surface area contributed by atoms with Gasteiger partial charge in [0.15, 0.2) is 5.82 Å². The monoisotopic (exact) mass is 278 g/mol. The van der Waals surface area contributed by atoms with Gasteiger partial charge in [0.05, 0.1) is 18.4 Å². The molecule has 0 atom stereocenters. The number of carbonyl (C=O) groups excluding carboxylic acids is 1. The van der Waals surface area contributed by atoms with Crippen LogP contribution in [0.3, 0.4) is 0 Å². The van der Waals surface area contributed by atoms with Crippen molar-refractivity contribution in [1.29, 1.82) is 0 Å². The summed E-state index contributed by atoms with van der Waals surface area (Å²) in [4.78, 5) is 20.3. The zero-order valence-corrected chi connectivity index (χ0v) is 12.1. The Bertz CT molecular complexity index is 472. The summed E-state index contributed by atoms with van der Waals surface area (Å²) in [5.74, 6) is 0.200. The second-order valence-corrected chi connectivity index (χ2v) is 5.06. The molecular formula is C14H22N4O2. The molecule has 2 heterocycles. The van der Waals surface area contributed by atoms with Crippen molar-refractivity contribution in [1.82, 2.24) is 9.88 Å². The van der Waals surface area contributed by atoms with Crippen LogP contribution in [0.25, 0.3) is 0 Å². The van der Waals surface area contributed by atoms with Crippen LogP contribution >= 0.6 is 0 Å². The van der Waals surface area contributed by atoms with Gasteiger partial charge in [-0.25, -0.2) is 9.78 Å². The Morgan fingerprint density at radius 3 is 2.85 bits per heavy atom. The van der Waals surface area contributed by atoms with E-state index in [1.165, 1.54) is 33.0 Å². The van der Waals surface area contributed by atoms with Crippen LogP contribution in [0, 0.1) is 0 Å². The molecule has 0 radical (unpaired) electrons. The van der Waals surface area contributed by atoms with Crippen LogP contribution in [0.2, 0.25) is 0 Å². The van der Waals surface area contributed by atoms with Crippen molar-refractivity contribution >= 4 is 17.5 Å². The number of anilines is 2. The Kier molecular flexibility index (Phi) is 4.79. The first kappa shape index (κ1) is 14.6. The van der Waals surface area contributed by atoms with Crippen molar-refractivity contribution in [3.63, 3.8) is 0 Å². The van der Waals surface area contributed by atoms with Gasteiger partial charge in [-0.3, -0.25) is 0 Å². The Hall–Kier alpha value is -1.82. The molecule has 0 aromatic carbocycles. The van der Waals surface area contributed by atoms with Crippen LogP contribution in [0.4, 0.5) is 11.5 Å². The number of nitrogens with zero attached hydrogens (tertiary/aromatic N) is 3. The van der Waals surface area contributed by atoms with E-state index in [4.69, 9.17) is 10.5 Å². The smallest absolute Gasteiger partial charge is 0.340 e. The minimum atomic E-state index is -0.431. The lowest BCUT2D eigenvalue weighted by Gasteiger charge is -2.23. The van der Waals surface area contributed by atoms with E-state index in [9.17, 15) is 4.79 Å². The van der Waals surface area contributed by atoms with E-state index in [1.807, 2.05) is 11.9 Å². The molecule has 0 bridgehead atoms. The van der Waals surface area contributed by atoms with Gasteiger partial charge in [-0.15, -0.1) is 0 Å². The zero-order valence-electron chi connectivity index (χ0n) is 12.1. The lowest BCUT2D eigenvalue weighted by atomic mass is 10.2. The summed E-state index contributed by atoms with van der Waals surface area (Å²) in [6, 6.07) is 1.58. The zero-order chi connectivity index (χ0) is 14.5. The van der Waals surface area contributed by atoms with Crippen molar-refractivity contribution in [2.75, 3.05) is 51.0 Å². The third kappa shape index (κ3) is 3.19. The van der Waals surface area contributed by atoms with Crippen molar-refractivity contribution in [2.24, 2.45) is 0 Å². The summed E-state index contributed by atoms with van der Waals surface area (Å²) in [6.07, 6.45) is 4.15. The molecule has 20 heavy (non-hydrogen) atoms. The highest BCUT2D eigenvalue weighted by atomic mass is 16.5. The number of likely N-dealkylation sites (tertiary alicyclic amines) is 1. The summed E-state index contributed by atoms with van der Waals surface area (Å²) in [7, 11) is 3.29. The number of pyridine rings is 1. The van der Waals surface area contributed by atoms with Gasteiger partial charge in [-0.1, -0.05) is 0 Å². The molecule has 0 aliphatic carbocycles. The fraction of sp³-hybridized carbons (Fsp3) is 0.571. The molecule has 1 aromatic heterocycles. The second kappa shape index (κ2) is 6.56. The number of aromatic nitrogens is 1. The first-order valence-corrected chi connectivity index (χ1v) is 6.89. The number of likely N-dealkylation sites (N-methyl/N-ethyl adjacent to an activating group) is 1. The molecular weight excluding hydrogens is 256 g/mol. The van der Waals surface area contributed by atoms with Crippen LogP contribution in [0.15, 0.2) is 12.3 Å². The van der Waals surface area contributed by atoms with E-state index < -0.39 is 5.97 Å². The van der Waals surface area contributed by atoms with Gasteiger partial charge in [-0.2, -0.15) is 0 Å². The molecule has 0 spiro atoms. The largest absolute Gasteiger partial charge is 0.465 e. The van der Waals surface area contributed by atoms with Crippen LogP contribution in [0.5, 0.6) is 0 Å². The van der Waals surface area contributed by atoms with E-state index in [1.54, 1.807) is 12.3 Å². The Morgan fingerprint density at radius 2 is 2.20 bits per heavy atom. The third-order valence-electron chi connectivity index (χ3n) is 3.69. The number of hydrogen-bond donors (Lipinski definition) is 1. The fourth-order valence-electron chi connectivity index (χ4n) is 2.46. The topological polar surface area (TPSA) is 71.7 Å². The van der Waals surface area contributed by atoms with Gasteiger partial charge in [0, 0.05) is 26.3 Å². The average molecular weight is 278 g/mol. The molecule has 1 aliphatic heterocycles. The molecule has 0 unspecified atom stereocenters. The maximum absolute atomic E-state index is 11.6. The Labute approximate surface area is 119 Å². The van der Waals surface area contributed by atoms with Gasteiger partial charge >= 0.3 is 5.97 Å². The van der Waals surface area contributed by atoms with E-state index in [0.29, 0.717) is 17.1 Å². The number of esters is 1. The molecule has 0 amide bonds. The lowest BCUT2D eigenvalue weighted by molar-refractivity contribution is 0.0602. The van der Waals surface area contributed by atoms with E-state index in [2.05, 4.69) is 9.88 Å². The second-order valence-electron chi connectivity index (χ2n) is 5.06. The van der Waals surface area contributed by atoms with Gasteiger partial charge in [0.2, 0.25) is 0 Å². The highest BCUT2D eigenvalue weighted by molar-refractivity contribution is 5.97. The number of hydrogen-bond acceptors (Lipinski definition) is 6. The highest BCUT2D eigenvalue weighted by Crippen LogP contribution is 2.23. The average Bonchev–Trinajstić information content (AvgIpc) is 2.97. The molecule has 0 saturated carbocycles. The number of nitrogens with two attached hydrogens (primary N) is 1. The van der Waals surface area contributed by atoms with Crippen LogP contribution in [-0.4, -0.2) is 56.2 Å². The Morgan fingerprint density at radius 1 is 1.50 bits per heavy atom. The maximum atomic E-state index is 11.6. The molecule has 1 aromatic rings. The van der Waals surface area contributed by atoms with Crippen LogP contribution in [-0.2, 0) is 4.74 Å². The van der Waals surface area contributed by atoms with Gasteiger partial charge in [0.25, 0.3) is 0 Å². The molecule has 110 valence electrons. The first-order valence-electron chi connectivity index (χ1n) is 6.89. The van der Waals surface area contributed by atoms with Crippen molar-refractivity contribution in [3.05, 3.63) is 17.8 Å². The molecule has 1 saturated heterocycles. The standard InChI is InChI=1S/C14H22N4O2/c1-17(9-10-18-7-3-4-8-18)13-12(15)11(5-6-16-13)14(19)20-2/h5-6H,3-4,7-10,15H2,1-2H3. The third-order valence-corrected chi connectivity index (χ3v) is 3.69. The fourth-order valence-corrected chi connectivity index (χ4v) is 2.46. The number of methoxy groups -OCH3 is 1. The van der Waals surface area contributed by atoms with E-state index in [0.717, 1.165) is 13.1 Å². The molecule has 1 fully saturated rings. The quantitative estimate of drug-likeness (QED) is 0.810. The highest BCUT2D eigenvalue weighted by Gasteiger charge is 2.17. The predicted molar refractivity (Wildman–Crippen MR) is 78.9 cm³/mol. The molecule has 6 nitrogen and oxygen atoms in total. The predicted octanol–water partition coefficient (Wildman–Crippen LogP) is 0.982. The minimum Gasteiger partial charge on any atom is -0.465 e. The molecule has 2 N–H and O–H groups in total. The summed E-state index contributed by atoms with van der Waals surface area (Å²) in [5, 5.41) is 0. The van der Waals surface area contributed by atoms with Gasteiger partial charge in [0.1, 0.15) is 0 Å². The molecule has 2 rings (SSSR count). The maximum Gasteiger partial charge on any atom is 0.340 e. The number of carbonyl (C=O) groups is 1. The van der Waals surface area contributed by atoms with E-state index >= 15 is 0 Å². The SMILES string of the molecule is COC(=O)c1ccnc(N(C)CCN2CCCC2)c1N.